The zero-order valence-electron chi connectivity index (χ0n) is 25.0. The summed E-state index contributed by atoms with van der Waals surface area (Å²) in [6.45, 7) is 12.8. The van der Waals surface area contributed by atoms with E-state index in [1.807, 2.05) is 16.7 Å². The molecular formula is C36H39N3OS. The summed E-state index contributed by atoms with van der Waals surface area (Å²) in [5.74, 6) is 0.852. The van der Waals surface area contributed by atoms with E-state index in [1.165, 1.54) is 21.6 Å². The number of benzene rings is 3. The van der Waals surface area contributed by atoms with Crippen LogP contribution in [-0.2, 0) is 17.0 Å². The van der Waals surface area contributed by atoms with Crippen molar-refractivity contribution in [2.45, 2.75) is 77.4 Å². The van der Waals surface area contributed by atoms with Crippen LogP contribution in [0.4, 0.5) is 5.69 Å². The van der Waals surface area contributed by atoms with Gasteiger partial charge in [-0.25, -0.2) is 0 Å². The number of carbonyl (C=O) groups excluding carboxylic acids is 1. The Hall–Kier alpha value is -3.75. The second kappa shape index (κ2) is 11.3. The van der Waals surface area contributed by atoms with E-state index >= 15 is 0 Å². The normalized spacial score (nSPS) is 18.4. The summed E-state index contributed by atoms with van der Waals surface area (Å²) in [5, 5.41) is 10.6. The van der Waals surface area contributed by atoms with E-state index in [0.29, 0.717) is 24.2 Å². The van der Waals surface area contributed by atoms with Crippen LogP contribution >= 0.6 is 11.8 Å². The number of ketones is 1. The topological polar surface area (TPSA) is 70.1 Å². The molecule has 0 aromatic heterocycles. The molecule has 0 saturated heterocycles. The first kappa shape index (κ1) is 28.8. The highest BCUT2D eigenvalue weighted by molar-refractivity contribution is 7.98. The number of nitriles is 1. The third kappa shape index (κ3) is 5.46. The van der Waals surface area contributed by atoms with E-state index in [4.69, 9.17) is 5.73 Å². The molecule has 0 bridgehead atoms. The van der Waals surface area contributed by atoms with E-state index in [-0.39, 0.29) is 11.2 Å². The molecule has 4 nitrogen and oxygen atoms in total. The van der Waals surface area contributed by atoms with E-state index in [0.717, 1.165) is 45.8 Å². The van der Waals surface area contributed by atoms with Gasteiger partial charge in [-0.2, -0.15) is 5.26 Å². The predicted octanol–water partition coefficient (Wildman–Crippen LogP) is 8.41. The fourth-order valence-corrected chi connectivity index (χ4v) is 7.36. The Morgan fingerprint density at radius 3 is 2.41 bits per heavy atom. The summed E-state index contributed by atoms with van der Waals surface area (Å²) in [5.41, 5.74) is 16.6. The van der Waals surface area contributed by atoms with Crippen molar-refractivity contribution in [1.29, 1.82) is 5.26 Å². The molecule has 2 aliphatic rings. The van der Waals surface area contributed by atoms with Crippen LogP contribution in [-0.4, -0.2) is 5.78 Å². The number of carbonyl (C=O) groups is 1. The van der Waals surface area contributed by atoms with Crippen molar-refractivity contribution in [3.8, 4) is 6.07 Å². The maximum atomic E-state index is 14.0. The molecule has 3 aromatic rings. The average Bonchev–Trinajstić information content (AvgIpc) is 2.93. The summed E-state index contributed by atoms with van der Waals surface area (Å²) in [6.07, 6.45) is 2.10. The molecule has 41 heavy (non-hydrogen) atoms. The first-order chi connectivity index (χ1) is 19.5. The Morgan fingerprint density at radius 2 is 1.76 bits per heavy atom. The lowest BCUT2D eigenvalue weighted by Crippen LogP contribution is -2.42. The lowest BCUT2D eigenvalue weighted by Gasteiger charge is -2.44. The molecular weight excluding hydrogens is 522 g/mol. The molecule has 5 rings (SSSR count). The van der Waals surface area contributed by atoms with Gasteiger partial charge in [0.2, 0.25) is 0 Å². The highest BCUT2D eigenvalue weighted by Crippen LogP contribution is 2.51. The SMILES string of the molecule is CCc1ccc(N2C(N)=C(C#N)C(c3cc(C)cc(CSc4ccccc4C)c3C)C3=C2CC(C)(C)CC3=O)cc1. The summed E-state index contributed by atoms with van der Waals surface area (Å²) < 4.78 is 0. The lowest BCUT2D eigenvalue weighted by atomic mass is 9.68. The van der Waals surface area contributed by atoms with E-state index in [9.17, 15) is 10.1 Å². The predicted molar refractivity (Wildman–Crippen MR) is 170 cm³/mol. The number of Topliss-reactive ketones (excluding diaryl/α,β-unsaturated/α-hetero) is 1. The molecule has 3 aromatic carbocycles. The van der Waals surface area contributed by atoms with Gasteiger partial charge >= 0.3 is 0 Å². The smallest absolute Gasteiger partial charge is 0.162 e. The molecule has 1 aliphatic carbocycles. The van der Waals surface area contributed by atoms with Crippen LogP contribution < -0.4 is 10.6 Å². The van der Waals surface area contributed by atoms with Crippen molar-refractivity contribution in [2.75, 3.05) is 4.90 Å². The van der Waals surface area contributed by atoms with Gasteiger partial charge in [-0.15, -0.1) is 11.8 Å². The van der Waals surface area contributed by atoms with Crippen molar-refractivity contribution in [3.63, 3.8) is 0 Å². The molecule has 2 N–H and O–H groups in total. The van der Waals surface area contributed by atoms with Gasteiger partial charge in [0, 0.05) is 34.0 Å². The summed E-state index contributed by atoms with van der Waals surface area (Å²) >= 11 is 1.82. The highest BCUT2D eigenvalue weighted by atomic mass is 32.2. The molecule has 0 amide bonds. The molecule has 0 spiro atoms. The van der Waals surface area contributed by atoms with Crippen LogP contribution in [0.2, 0.25) is 0 Å². The van der Waals surface area contributed by atoms with Crippen LogP contribution in [0, 0.1) is 37.5 Å². The molecule has 1 unspecified atom stereocenters. The minimum absolute atomic E-state index is 0.105. The number of allylic oxidation sites excluding steroid dienone is 3. The summed E-state index contributed by atoms with van der Waals surface area (Å²) in [4.78, 5) is 17.3. The summed E-state index contributed by atoms with van der Waals surface area (Å²) in [6, 6.07) is 23.6. The second-order valence-corrected chi connectivity index (χ2v) is 13.2. The van der Waals surface area contributed by atoms with Crippen molar-refractivity contribution < 1.29 is 4.79 Å². The Bertz CT molecular complexity index is 1620. The molecule has 0 fully saturated rings. The fourth-order valence-electron chi connectivity index (χ4n) is 6.28. The van der Waals surface area contributed by atoms with Gasteiger partial charge in [0.25, 0.3) is 0 Å². The van der Waals surface area contributed by atoms with Gasteiger partial charge in [-0.05, 0) is 85.0 Å². The second-order valence-electron chi connectivity index (χ2n) is 12.2. The maximum absolute atomic E-state index is 14.0. The number of nitrogens with two attached hydrogens (primary N) is 1. The Balaban J connectivity index is 1.67. The molecule has 1 heterocycles. The number of thioether (sulfide) groups is 1. The fraction of sp³-hybridized carbons (Fsp3) is 0.333. The maximum Gasteiger partial charge on any atom is 0.162 e. The lowest BCUT2D eigenvalue weighted by molar-refractivity contribution is -0.118. The van der Waals surface area contributed by atoms with Crippen molar-refractivity contribution in [1.82, 2.24) is 0 Å². The molecule has 5 heteroatoms. The van der Waals surface area contributed by atoms with Crippen molar-refractivity contribution in [2.24, 2.45) is 11.1 Å². The first-order valence-electron chi connectivity index (χ1n) is 14.4. The molecule has 0 radical (unpaired) electrons. The van der Waals surface area contributed by atoms with Crippen LogP contribution in [0.5, 0.6) is 0 Å². The number of rotatable bonds is 6. The average molecular weight is 562 g/mol. The zero-order chi connectivity index (χ0) is 29.5. The Kier molecular flexibility index (Phi) is 7.90. The quantitative estimate of drug-likeness (QED) is 0.306. The molecule has 1 aliphatic heterocycles. The van der Waals surface area contributed by atoms with E-state index in [1.54, 1.807) is 0 Å². The first-order valence-corrected chi connectivity index (χ1v) is 15.4. The number of anilines is 1. The van der Waals surface area contributed by atoms with Crippen LogP contribution in [0.25, 0.3) is 0 Å². The van der Waals surface area contributed by atoms with Gasteiger partial charge in [0.1, 0.15) is 5.82 Å². The number of aryl methyl sites for hydroxylation is 3. The summed E-state index contributed by atoms with van der Waals surface area (Å²) in [7, 11) is 0. The Labute approximate surface area is 249 Å². The third-order valence-electron chi connectivity index (χ3n) is 8.47. The Morgan fingerprint density at radius 1 is 1.05 bits per heavy atom. The van der Waals surface area contributed by atoms with Crippen LogP contribution in [0.3, 0.4) is 0 Å². The van der Waals surface area contributed by atoms with Gasteiger partial charge < -0.3 is 5.73 Å². The van der Waals surface area contributed by atoms with Crippen LogP contribution in [0.1, 0.15) is 72.9 Å². The minimum Gasteiger partial charge on any atom is -0.384 e. The van der Waals surface area contributed by atoms with E-state index < -0.39 is 5.92 Å². The molecule has 1 atom stereocenters. The van der Waals surface area contributed by atoms with Gasteiger partial charge in [-0.3, -0.25) is 9.69 Å². The minimum atomic E-state index is -0.480. The number of hydrogen-bond acceptors (Lipinski definition) is 5. The highest BCUT2D eigenvalue weighted by Gasteiger charge is 2.45. The molecule has 0 saturated carbocycles. The van der Waals surface area contributed by atoms with Gasteiger partial charge in [0.05, 0.1) is 17.6 Å². The number of hydrogen-bond donors (Lipinski definition) is 1. The third-order valence-corrected chi connectivity index (χ3v) is 9.70. The molecule has 210 valence electrons. The van der Waals surface area contributed by atoms with Crippen molar-refractivity contribution >= 4 is 23.2 Å². The van der Waals surface area contributed by atoms with E-state index in [2.05, 4.69) is 108 Å². The number of nitrogens with zero attached hydrogens (tertiary/aromatic N) is 2. The monoisotopic (exact) mass is 561 g/mol. The standard InChI is InChI=1S/C36H39N3OS/c1-7-25-12-14-27(15-13-25)39-30-18-36(5,6)19-31(40)34(30)33(29(20-37)35(39)38)28-17-22(2)16-26(24(28)4)21-41-32-11-9-8-10-23(32)3/h8-17,33H,7,18-19,21,38H2,1-6H3. The van der Waals surface area contributed by atoms with Crippen LogP contribution in [0.15, 0.2) is 88.2 Å². The van der Waals surface area contributed by atoms with Crippen molar-refractivity contribution in [3.05, 3.63) is 117 Å². The van der Waals surface area contributed by atoms with Gasteiger partial charge in [0.15, 0.2) is 5.78 Å². The largest absolute Gasteiger partial charge is 0.384 e. The zero-order valence-corrected chi connectivity index (χ0v) is 25.8. The van der Waals surface area contributed by atoms with Gasteiger partial charge in [-0.1, -0.05) is 68.8 Å².